The number of hydrogen-bond donors (Lipinski definition) is 2. The summed E-state index contributed by atoms with van der Waals surface area (Å²) in [6.07, 6.45) is 4.65. The Morgan fingerprint density at radius 3 is 3.00 bits per heavy atom. The Morgan fingerprint density at radius 1 is 1.40 bits per heavy atom. The van der Waals surface area contributed by atoms with Crippen molar-refractivity contribution >= 4 is 16.9 Å². The maximum absolute atomic E-state index is 11.9. The van der Waals surface area contributed by atoms with E-state index in [0.717, 1.165) is 35.6 Å². The number of H-pyrrole nitrogens is 1. The Kier molecular flexibility index (Phi) is 3.72. The van der Waals surface area contributed by atoms with Crippen molar-refractivity contribution in [2.45, 2.75) is 45.1 Å². The Balaban J connectivity index is 1.52. The van der Waals surface area contributed by atoms with Gasteiger partial charge in [-0.05, 0) is 37.3 Å². The van der Waals surface area contributed by atoms with E-state index in [-0.39, 0.29) is 5.91 Å². The number of aromatic amines is 1. The van der Waals surface area contributed by atoms with Crippen molar-refractivity contribution in [2.75, 3.05) is 0 Å². The van der Waals surface area contributed by atoms with E-state index in [1.165, 1.54) is 6.42 Å². The zero-order valence-corrected chi connectivity index (χ0v) is 11.9. The summed E-state index contributed by atoms with van der Waals surface area (Å²) >= 11 is 0. The van der Waals surface area contributed by atoms with Crippen LogP contribution in [-0.4, -0.2) is 21.9 Å². The Morgan fingerprint density at radius 2 is 2.25 bits per heavy atom. The molecule has 2 atom stereocenters. The van der Waals surface area contributed by atoms with Crippen LogP contribution >= 0.6 is 0 Å². The molecule has 1 amide bonds. The van der Waals surface area contributed by atoms with Crippen molar-refractivity contribution in [1.82, 2.24) is 15.3 Å². The molecule has 4 nitrogen and oxygen atoms in total. The average molecular weight is 271 g/mol. The first-order valence-corrected chi connectivity index (χ1v) is 7.43. The summed E-state index contributed by atoms with van der Waals surface area (Å²) in [4.78, 5) is 19.7. The fraction of sp³-hybridized carbons (Fsp3) is 0.500. The van der Waals surface area contributed by atoms with Gasteiger partial charge in [-0.3, -0.25) is 4.79 Å². The number of aryl methyl sites for hydroxylation is 1. The van der Waals surface area contributed by atoms with Gasteiger partial charge < -0.3 is 10.3 Å². The molecule has 0 radical (unpaired) electrons. The highest BCUT2D eigenvalue weighted by atomic mass is 16.1. The third-order valence-corrected chi connectivity index (χ3v) is 4.09. The van der Waals surface area contributed by atoms with Crippen LogP contribution < -0.4 is 5.32 Å². The minimum absolute atomic E-state index is 0.143. The molecule has 3 rings (SSSR count). The quantitative estimate of drug-likeness (QED) is 0.898. The lowest BCUT2D eigenvalue weighted by Crippen LogP contribution is -2.33. The topological polar surface area (TPSA) is 57.8 Å². The molecule has 1 aliphatic carbocycles. The van der Waals surface area contributed by atoms with E-state index in [1.54, 1.807) is 0 Å². The van der Waals surface area contributed by atoms with Gasteiger partial charge in [0.05, 0.1) is 11.0 Å². The number of para-hydroxylation sites is 2. The molecule has 0 aliphatic heterocycles. The minimum atomic E-state index is 0.143. The van der Waals surface area contributed by atoms with Crippen molar-refractivity contribution in [3.05, 3.63) is 30.1 Å². The van der Waals surface area contributed by atoms with Crippen molar-refractivity contribution in [3.63, 3.8) is 0 Å². The number of aromatic nitrogens is 2. The Hall–Kier alpha value is -1.84. The first kappa shape index (κ1) is 13.2. The van der Waals surface area contributed by atoms with Crippen LogP contribution in [0.3, 0.4) is 0 Å². The van der Waals surface area contributed by atoms with Crippen LogP contribution in [-0.2, 0) is 11.2 Å². The second-order valence-electron chi connectivity index (χ2n) is 5.88. The molecule has 2 aromatic rings. The van der Waals surface area contributed by atoms with Crippen LogP contribution in [0.1, 0.15) is 38.4 Å². The molecule has 1 heterocycles. The van der Waals surface area contributed by atoms with E-state index < -0.39 is 0 Å². The summed E-state index contributed by atoms with van der Waals surface area (Å²) in [6.45, 7) is 2.25. The second-order valence-corrected chi connectivity index (χ2v) is 5.88. The molecule has 1 aromatic carbocycles. The van der Waals surface area contributed by atoms with Crippen molar-refractivity contribution in [3.8, 4) is 0 Å². The van der Waals surface area contributed by atoms with Gasteiger partial charge in [0.25, 0.3) is 0 Å². The third-order valence-electron chi connectivity index (χ3n) is 4.09. The van der Waals surface area contributed by atoms with Crippen LogP contribution in [0.15, 0.2) is 24.3 Å². The minimum Gasteiger partial charge on any atom is -0.353 e. The molecule has 2 N–H and O–H groups in total. The fourth-order valence-electron chi connectivity index (χ4n) is 2.99. The smallest absolute Gasteiger partial charge is 0.220 e. The largest absolute Gasteiger partial charge is 0.353 e. The average Bonchev–Trinajstić information content (AvgIpc) is 3.02. The van der Waals surface area contributed by atoms with E-state index in [4.69, 9.17) is 0 Å². The van der Waals surface area contributed by atoms with Gasteiger partial charge in [0.1, 0.15) is 5.82 Å². The summed E-state index contributed by atoms with van der Waals surface area (Å²) < 4.78 is 0. The van der Waals surface area contributed by atoms with Crippen LogP contribution in [0.5, 0.6) is 0 Å². The summed E-state index contributed by atoms with van der Waals surface area (Å²) in [5, 5.41) is 3.13. The van der Waals surface area contributed by atoms with Gasteiger partial charge in [0.2, 0.25) is 5.91 Å². The summed E-state index contributed by atoms with van der Waals surface area (Å²) in [5.41, 5.74) is 2.00. The van der Waals surface area contributed by atoms with Crippen molar-refractivity contribution < 1.29 is 4.79 Å². The molecular formula is C16H21N3O. The number of benzene rings is 1. The number of carbonyl (C=O) groups excluding carboxylic acids is 1. The highest BCUT2D eigenvalue weighted by Gasteiger charge is 2.22. The predicted octanol–water partition coefficient (Wildman–Crippen LogP) is 2.80. The zero-order valence-electron chi connectivity index (χ0n) is 11.9. The number of rotatable bonds is 4. The lowest BCUT2D eigenvalue weighted by molar-refractivity contribution is -0.121. The normalized spacial score (nSPS) is 22.2. The van der Waals surface area contributed by atoms with Gasteiger partial charge in [-0.1, -0.05) is 19.1 Å². The molecule has 2 unspecified atom stereocenters. The maximum Gasteiger partial charge on any atom is 0.220 e. The number of hydrogen-bond acceptors (Lipinski definition) is 2. The third kappa shape index (κ3) is 3.00. The number of imidazole rings is 1. The first-order valence-electron chi connectivity index (χ1n) is 7.43. The molecule has 20 heavy (non-hydrogen) atoms. The van der Waals surface area contributed by atoms with E-state index in [1.807, 2.05) is 24.3 Å². The lowest BCUT2D eigenvalue weighted by Gasteiger charge is -2.11. The second kappa shape index (κ2) is 5.65. The van der Waals surface area contributed by atoms with Crippen LogP contribution in [0.2, 0.25) is 0 Å². The summed E-state index contributed by atoms with van der Waals surface area (Å²) in [6, 6.07) is 8.33. The first-order chi connectivity index (χ1) is 9.70. The molecular weight excluding hydrogens is 250 g/mol. The van der Waals surface area contributed by atoms with Gasteiger partial charge in [-0.25, -0.2) is 4.98 Å². The highest BCUT2D eigenvalue weighted by molar-refractivity contribution is 5.77. The number of nitrogens with one attached hydrogen (secondary N) is 2. The molecule has 0 spiro atoms. The van der Waals surface area contributed by atoms with E-state index in [2.05, 4.69) is 22.2 Å². The van der Waals surface area contributed by atoms with E-state index in [9.17, 15) is 4.79 Å². The molecule has 0 saturated heterocycles. The summed E-state index contributed by atoms with van der Waals surface area (Å²) in [7, 11) is 0. The predicted molar refractivity (Wildman–Crippen MR) is 79.4 cm³/mol. The molecule has 1 aromatic heterocycles. The van der Waals surface area contributed by atoms with Gasteiger partial charge in [-0.15, -0.1) is 0 Å². The zero-order chi connectivity index (χ0) is 13.9. The van der Waals surface area contributed by atoms with Crippen LogP contribution in [0, 0.1) is 5.92 Å². The fourth-order valence-corrected chi connectivity index (χ4v) is 2.99. The van der Waals surface area contributed by atoms with Gasteiger partial charge >= 0.3 is 0 Å². The Labute approximate surface area is 119 Å². The molecule has 0 bridgehead atoms. The van der Waals surface area contributed by atoms with Crippen molar-refractivity contribution in [2.24, 2.45) is 5.92 Å². The molecule has 1 fully saturated rings. The van der Waals surface area contributed by atoms with Crippen LogP contribution in [0.25, 0.3) is 11.0 Å². The molecule has 1 aliphatic rings. The number of fused-ring (bicyclic) bond motifs is 1. The standard InChI is InChI=1S/C16H21N3O/c1-11-6-7-12(10-11)17-16(20)9-8-15-18-13-4-2-3-5-14(13)19-15/h2-5,11-12H,6-10H2,1H3,(H,17,20)(H,18,19). The van der Waals surface area contributed by atoms with E-state index in [0.29, 0.717) is 18.9 Å². The number of carbonyl (C=O) groups is 1. The molecule has 1 saturated carbocycles. The molecule has 106 valence electrons. The monoisotopic (exact) mass is 271 g/mol. The van der Waals surface area contributed by atoms with Gasteiger partial charge in [0, 0.05) is 18.9 Å². The van der Waals surface area contributed by atoms with E-state index >= 15 is 0 Å². The lowest BCUT2D eigenvalue weighted by atomic mass is 10.1. The summed E-state index contributed by atoms with van der Waals surface area (Å²) in [5.74, 6) is 1.78. The van der Waals surface area contributed by atoms with Gasteiger partial charge in [-0.2, -0.15) is 0 Å². The van der Waals surface area contributed by atoms with Gasteiger partial charge in [0.15, 0.2) is 0 Å². The number of amides is 1. The molecule has 4 heteroatoms. The van der Waals surface area contributed by atoms with Crippen molar-refractivity contribution in [1.29, 1.82) is 0 Å². The highest BCUT2D eigenvalue weighted by Crippen LogP contribution is 2.24. The Bertz CT molecular complexity index is 572. The maximum atomic E-state index is 11.9. The number of nitrogens with zero attached hydrogens (tertiary/aromatic N) is 1. The SMILES string of the molecule is CC1CCC(NC(=O)CCc2nc3ccccc3[nH]2)C1. The van der Waals surface area contributed by atoms with Crippen LogP contribution in [0.4, 0.5) is 0 Å².